The molecule has 2 rings (SSSR count). The van der Waals surface area contributed by atoms with Crippen LogP contribution in [0.2, 0.25) is 5.02 Å². The van der Waals surface area contributed by atoms with E-state index in [1.165, 1.54) is 12.1 Å². The summed E-state index contributed by atoms with van der Waals surface area (Å²) in [4.78, 5) is 4.40. The molecule has 21 heavy (non-hydrogen) atoms. The van der Waals surface area contributed by atoms with E-state index in [-0.39, 0.29) is 10.9 Å². The molecular weight excluding hydrogens is 314 g/mol. The zero-order chi connectivity index (χ0) is 15.2. The van der Waals surface area contributed by atoms with E-state index in [4.69, 9.17) is 27.9 Å². The van der Waals surface area contributed by atoms with Crippen molar-refractivity contribution in [1.29, 1.82) is 0 Å². The first-order valence-electron chi connectivity index (χ1n) is 7.15. The van der Waals surface area contributed by atoms with Gasteiger partial charge in [-0.2, -0.15) is 0 Å². The van der Waals surface area contributed by atoms with E-state index in [0.29, 0.717) is 18.7 Å². The summed E-state index contributed by atoms with van der Waals surface area (Å²) in [5, 5.41) is 0.0798. The molecule has 0 amide bonds. The number of rotatable bonds is 8. The fraction of sp³-hybridized carbons (Fsp3) is 0.533. The molecule has 3 nitrogen and oxygen atoms in total. The predicted octanol–water partition coefficient (Wildman–Crippen LogP) is 4.77. The third-order valence-electron chi connectivity index (χ3n) is 3.30. The number of nitrogens with zero attached hydrogens (tertiary/aromatic N) is 2. The molecule has 1 heterocycles. The fourth-order valence-electron chi connectivity index (χ4n) is 2.19. The monoisotopic (exact) mass is 332 g/mol. The maximum atomic E-state index is 13.6. The van der Waals surface area contributed by atoms with Crippen LogP contribution in [0.4, 0.5) is 4.39 Å². The van der Waals surface area contributed by atoms with Crippen LogP contribution in [0.25, 0.3) is 11.0 Å². The first-order chi connectivity index (χ1) is 10.2. The molecule has 6 heteroatoms. The van der Waals surface area contributed by atoms with Crippen LogP contribution in [0.15, 0.2) is 12.1 Å². The van der Waals surface area contributed by atoms with Crippen molar-refractivity contribution in [3.05, 3.63) is 28.8 Å². The topological polar surface area (TPSA) is 27.1 Å². The molecule has 0 aliphatic heterocycles. The summed E-state index contributed by atoms with van der Waals surface area (Å²) in [6, 6.07) is 2.95. The number of aromatic nitrogens is 2. The number of ether oxygens (including phenoxy) is 1. The van der Waals surface area contributed by atoms with E-state index >= 15 is 0 Å². The van der Waals surface area contributed by atoms with Crippen molar-refractivity contribution >= 4 is 34.2 Å². The molecule has 0 atom stereocenters. The van der Waals surface area contributed by atoms with Gasteiger partial charge in [0.25, 0.3) is 0 Å². The Labute approximate surface area is 134 Å². The lowest BCUT2D eigenvalue weighted by Gasteiger charge is -2.08. The Kier molecular flexibility index (Phi) is 6.27. The van der Waals surface area contributed by atoms with Crippen LogP contribution in [-0.4, -0.2) is 22.8 Å². The summed E-state index contributed by atoms with van der Waals surface area (Å²) >= 11 is 11.7. The Balaban J connectivity index is 2.08. The highest BCUT2D eigenvalue weighted by Crippen LogP contribution is 2.24. The van der Waals surface area contributed by atoms with Gasteiger partial charge in [-0.05, 0) is 18.9 Å². The van der Waals surface area contributed by atoms with E-state index in [1.807, 2.05) is 4.57 Å². The first-order valence-corrected chi connectivity index (χ1v) is 8.06. The Bertz CT molecular complexity index is 601. The molecule has 0 N–H and O–H groups in total. The van der Waals surface area contributed by atoms with Gasteiger partial charge >= 0.3 is 0 Å². The minimum Gasteiger partial charge on any atom is -0.381 e. The van der Waals surface area contributed by atoms with Crippen molar-refractivity contribution < 1.29 is 9.13 Å². The largest absolute Gasteiger partial charge is 0.381 e. The highest BCUT2D eigenvalue weighted by molar-refractivity contribution is 6.31. The third-order valence-corrected chi connectivity index (χ3v) is 3.83. The van der Waals surface area contributed by atoms with Crippen molar-refractivity contribution in [2.75, 3.05) is 13.2 Å². The van der Waals surface area contributed by atoms with Crippen LogP contribution in [0.3, 0.4) is 0 Å². The summed E-state index contributed by atoms with van der Waals surface area (Å²) in [5.41, 5.74) is 1.39. The van der Waals surface area contributed by atoms with E-state index in [0.717, 1.165) is 37.2 Å². The molecule has 116 valence electrons. The summed E-state index contributed by atoms with van der Waals surface area (Å²) in [5.74, 6) is 0.567. The standard InChI is InChI=1S/C15H19Cl2FN2O/c1-2-3-6-21-7-4-5-20-14-9-12(18)11(17)8-13(14)19-15(20)10-16/h8-9H,2-7,10H2,1H3. The van der Waals surface area contributed by atoms with Gasteiger partial charge in [0, 0.05) is 25.8 Å². The van der Waals surface area contributed by atoms with Gasteiger partial charge in [0.2, 0.25) is 0 Å². The second kappa shape index (κ2) is 7.97. The quantitative estimate of drug-likeness (QED) is 0.514. The number of unbranched alkanes of at least 4 members (excludes halogenated alkanes) is 1. The van der Waals surface area contributed by atoms with E-state index in [1.54, 1.807) is 0 Å². The molecule has 0 saturated heterocycles. The van der Waals surface area contributed by atoms with Crippen LogP contribution in [0, 0.1) is 5.82 Å². The normalized spacial score (nSPS) is 11.4. The summed E-state index contributed by atoms with van der Waals surface area (Å²) in [7, 11) is 0. The molecule has 0 unspecified atom stereocenters. The van der Waals surface area contributed by atoms with Crippen molar-refractivity contribution in [2.24, 2.45) is 0 Å². The lowest BCUT2D eigenvalue weighted by molar-refractivity contribution is 0.126. The van der Waals surface area contributed by atoms with Gasteiger partial charge in [0.05, 0.1) is 21.9 Å². The Hall–Kier alpha value is -0.840. The molecule has 0 aliphatic carbocycles. The number of alkyl halides is 1. The minimum atomic E-state index is -0.439. The molecule has 1 aromatic carbocycles. The number of imidazole rings is 1. The van der Waals surface area contributed by atoms with Crippen molar-refractivity contribution in [2.45, 2.75) is 38.6 Å². The summed E-state index contributed by atoms with van der Waals surface area (Å²) in [6.07, 6.45) is 3.04. The Morgan fingerprint density at radius 2 is 2.05 bits per heavy atom. The number of benzene rings is 1. The second-order valence-electron chi connectivity index (χ2n) is 4.89. The van der Waals surface area contributed by atoms with Gasteiger partial charge in [-0.15, -0.1) is 11.6 Å². The van der Waals surface area contributed by atoms with E-state index < -0.39 is 5.82 Å². The van der Waals surface area contributed by atoms with Crippen LogP contribution in [0.5, 0.6) is 0 Å². The highest BCUT2D eigenvalue weighted by Gasteiger charge is 2.12. The SMILES string of the molecule is CCCCOCCCn1c(CCl)nc2cc(Cl)c(F)cc21. The number of halogens is 3. The second-order valence-corrected chi connectivity index (χ2v) is 5.56. The van der Waals surface area contributed by atoms with Crippen molar-refractivity contribution in [3.63, 3.8) is 0 Å². The molecule has 1 aromatic heterocycles. The van der Waals surface area contributed by atoms with Crippen LogP contribution in [0.1, 0.15) is 32.0 Å². The highest BCUT2D eigenvalue weighted by atomic mass is 35.5. The third kappa shape index (κ3) is 4.09. The van der Waals surface area contributed by atoms with Gasteiger partial charge in [-0.25, -0.2) is 9.37 Å². The van der Waals surface area contributed by atoms with Gasteiger partial charge in [0.15, 0.2) is 0 Å². The Morgan fingerprint density at radius 3 is 2.76 bits per heavy atom. The number of hydrogen-bond donors (Lipinski definition) is 0. The molecular formula is C15H19Cl2FN2O. The molecule has 0 spiro atoms. The number of hydrogen-bond acceptors (Lipinski definition) is 2. The van der Waals surface area contributed by atoms with Crippen LogP contribution < -0.4 is 0 Å². The van der Waals surface area contributed by atoms with E-state index in [9.17, 15) is 4.39 Å². The van der Waals surface area contributed by atoms with Crippen LogP contribution in [-0.2, 0) is 17.2 Å². The maximum absolute atomic E-state index is 13.6. The smallest absolute Gasteiger partial charge is 0.144 e. The van der Waals surface area contributed by atoms with Crippen LogP contribution >= 0.6 is 23.2 Å². The van der Waals surface area contributed by atoms with Gasteiger partial charge in [0.1, 0.15) is 11.6 Å². The molecule has 0 saturated carbocycles. The lowest BCUT2D eigenvalue weighted by atomic mass is 10.3. The number of aryl methyl sites for hydroxylation is 1. The molecule has 0 fully saturated rings. The van der Waals surface area contributed by atoms with Gasteiger partial charge < -0.3 is 9.30 Å². The molecule has 0 aliphatic rings. The first kappa shape index (κ1) is 16.5. The summed E-state index contributed by atoms with van der Waals surface area (Å²) in [6.45, 7) is 4.30. The molecule has 0 bridgehead atoms. The minimum absolute atomic E-state index is 0.0798. The van der Waals surface area contributed by atoms with Crippen molar-refractivity contribution in [1.82, 2.24) is 9.55 Å². The predicted molar refractivity (Wildman–Crippen MR) is 84.6 cm³/mol. The van der Waals surface area contributed by atoms with E-state index in [2.05, 4.69) is 11.9 Å². The zero-order valence-corrected chi connectivity index (χ0v) is 13.6. The Morgan fingerprint density at radius 1 is 1.29 bits per heavy atom. The van der Waals surface area contributed by atoms with Gasteiger partial charge in [-0.3, -0.25) is 0 Å². The average molecular weight is 333 g/mol. The fourth-order valence-corrected chi connectivity index (χ4v) is 2.56. The maximum Gasteiger partial charge on any atom is 0.144 e. The van der Waals surface area contributed by atoms with Gasteiger partial charge in [-0.1, -0.05) is 24.9 Å². The van der Waals surface area contributed by atoms with Crippen molar-refractivity contribution in [3.8, 4) is 0 Å². The average Bonchev–Trinajstić information content (AvgIpc) is 2.80. The lowest BCUT2D eigenvalue weighted by Crippen LogP contribution is -2.06. The zero-order valence-electron chi connectivity index (χ0n) is 12.0. The molecule has 2 aromatic rings. The summed E-state index contributed by atoms with van der Waals surface area (Å²) < 4.78 is 21.1. The molecule has 0 radical (unpaired) electrons. The number of fused-ring (bicyclic) bond motifs is 1.